The van der Waals surface area contributed by atoms with Crippen molar-refractivity contribution in [2.75, 3.05) is 13.2 Å². The van der Waals surface area contributed by atoms with Gasteiger partial charge in [0.15, 0.2) is 17.9 Å². The van der Waals surface area contributed by atoms with Gasteiger partial charge in [0.25, 0.3) is 0 Å². The molecule has 1 aliphatic heterocycles. The minimum atomic E-state index is -0.773. The smallest absolute Gasteiger partial charge is 0.160 e. The third-order valence-corrected chi connectivity index (χ3v) is 4.66. The molecule has 0 aromatic heterocycles. The van der Waals surface area contributed by atoms with E-state index in [2.05, 4.69) is 6.92 Å². The van der Waals surface area contributed by atoms with Crippen LogP contribution in [0.3, 0.4) is 0 Å². The third-order valence-electron chi connectivity index (χ3n) is 4.66. The van der Waals surface area contributed by atoms with Crippen LogP contribution in [0.5, 0.6) is 0 Å². The molecular formula is C17H22F2O2. The van der Waals surface area contributed by atoms with Crippen molar-refractivity contribution in [2.45, 2.75) is 44.8 Å². The van der Waals surface area contributed by atoms with Crippen LogP contribution in [-0.2, 0) is 9.47 Å². The number of ether oxygens (including phenoxy) is 2. The molecule has 2 nitrogen and oxygen atoms in total. The van der Waals surface area contributed by atoms with Gasteiger partial charge in [-0.1, -0.05) is 13.0 Å². The Morgan fingerprint density at radius 3 is 2.24 bits per heavy atom. The topological polar surface area (TPSA) is 18.5 Å². The van der Waals surface area contributed by atoms with Gasteiger partial charge in [0.05, 0.1) is 13.2 Å². The van der Waals surface area contributed by atoms with Crippen molar-refractivity contribution >= 4 is 0 Å². The zero-order chi connectivity index (χ0) is 14.8. The molecule has 0 radical (unpaired) electrons. The van der Waals surface area contributed by atoms with Gasteiger partial charge >= 0.3 is 0 Å². The Kier molecular flexibility index (Phi) is 4.55. The normalized spacial score (nSPS) is 33.9. The summed E-state index contributed by atoms with van der Waals surface area (Å²) < 4.78 is 37.9. The van der Waals surface area contributed by atoms with Crippen molar-refractivity contribution < 1.29 is 18.3 Å². The molecule has 1 aromatic carbocycles. The summed E-state index contributed by atoms with van der Waals surface area (Å²) in [6.07, 6.45) is 3.92. The van der Waals surface area contributed by atoms with Crippen LogP contribution in [0, 0.1) is 23.5 Å². The number of rotatable bonds is 2. The monoisotopic (exact) mass is 296 g/mol. The highest BCUT2D eigenvalue weighted by Crippen LogP contribution is 2.39. The van der Waals surface area contributed by atoms with Gasteiger partial charge < -0.3 is 9.47 Å². The van der Waals surface area contributed by atoms with Crippen molar-refractivity contribution in [3.8, 4) is 0 Å². The first kappa shape index (κ1) is 14.9. The predicted molar refractivity (Wildman–Crippen MR) is 75.9 cm³/mol. The van der Waals surface area contributed by atoms with E-state index in [1.165, 1.54) is 12.1 Å². The summed E-state index contributed by atoms with van der Waals surface area (Å²) in [6, 6.07) is 4.28. The SMILES string of the molecule is CC1COC(C2CCC(c3ccc(F)c(F)c3)CC2)OC1. The van der Waals surface area contributed by atoms with Crippen LogP contribution in [0.25, 0.3) is 0 Å². The van der Waals surface area contributed by atoms with E-state index in [-0.39, 0.29) is 6.29 Å². The van der Waals surface area contributed by atoms with Gasteiger partial charge in [0.1, 0.15) is 0 Å². The van der Waals surface area contributed by atoms with Crippen LogP contribution in [0.15, 0.2) is 18.2 Å². The van der Waals surface area contributed by atoms with E-state index in [9.17, 15) is 8.78 Å². The zero-order valence-corrected chi connectivity index (χ0v) is 12.4. The fraction of sp³-hybridized carbons (Fsp3) is 0.647. The van der Waals surface area contributed by atoms with E-state index >= 15 is 0 Å². The molecule has 1 aromatic rings. The van der Waals surface area contributed by atoms with Gasteiger partial charge in [0.2, 0.25) is 0 Å². The predicted octanol–water partition coefficient (Wildman–Crippen LogP) is 4.25. The van der Waals surface area contributed by atoms with Crippen LogP contribution >= 0.6 is 0 Å². The Balaban J connectivity index is 1.56. The maximum atomic E-state index is 13.3. The van der Waals surface area contributed by atoms with Crippen molar-refractivity contribution in [1.29, 1.82) is 0 Å². The maximum absolute atomic E-state index is 13.3. The Hall–Kier alpha value is -1.00. The molecule has 116 valence electrons. The van der Waals surface area contributed by atoms with Crippen molar-refractivity contribution in [3.63, 3.8) is 0 Å². The number of halogens is 2. The first-order valence-corrected chi connectivity index (χ1v) is 7.81. The lowest BCUT2D eigenvalue weighted by molar-refractivity contribution is -0.226. The molecule has 0 amide bonds. The molecule has 2 aliphatic rings. The summed E-state index contributed by atoms with van der Waals surface area (Å²) >= 11 is 0. The first-order valence-electron chi connectivity index (χ1n) is 7.81. The first-order chi connectivity index (χ1) is 10.1. The number of hydrogen-bond donors (Lipinski definition) is 0. The molecule has 2 fully saturated rings. The van der Waals surface area contributed by atoms with Gasteiger partial charge in [-0.15, -0.1) is 0 Å². The Labute approximate surface area is 124 Å². The highest BCUT2D eigenvalue weighted by molar-refractivity contribution is 5.22. The van der Waals surface area contributed by atoms with Crippen molar-refractivity contribution in [3.05, 3.63) is 35.4 Å². The summed E-state index contributed by atoms with van der Waals surface area (Å²) in [5, 5.41) is 0. The quantitative estimate of drug-likeness (QED) is 0.812. The Morgan fingerprint density at radius 1 is 0.952 bits per heavy atom. The second-order valence-corrected chi connectivity index (χ2v) is 6.43. The average Bonchev–Trinajstić information content (AvgIpc) is 2.51. The van der Waals surface area contributed by atoms with Crippen LogP contribution < -0.4 is 0 Å². The number of benzene rings is 1. The third kappa shape index (κ3) is 3.43. The van der Waals surface area contributed by atoms with Crippen LogP contribution in [0.2, 0.25) is 0 Å². The molecule has 1 heterocycles. The fourth-order valence-corrected chi connectivity index (χ4v) is 3.38. The molecule has 3 rings (SSSR count). The van der Waals surface area contributed by atoms with E-state index in [0.29, 0.717) is 17.8 Å². The second kappa shape index (κ2) is 6.41. The van der Waals surface area contributed by atoms with Gasteiger partial charge in [-0.05, 0) is 49.3 Å². The molecule has 21 heavy (non-hydrogen) atoms. The molecule has 0 N–H and O–H groups in total. The molecule has 1 saturated carbocycles. The molecular weight excluding hydrogens is 274 g/mol. The lowest BCUT2D eigenvalue weighted by atomic mass is 9.78. The summed E-state index contributed by atoms with van der Waals surface area (Å²) in [7, 11) is 0. The standard InChI is InChI=1S/C17H22F2O2/c1-11-9-20-17(21-10-11)13-4-2-12(3-5-13)14-6-7-15(18)16(19)8-14/h6-8,11-13,17H,2-5,9-10H2,1H3. The minimum Gasteiger partial charge on any atom is -0.352 e. The molecule has 0 unspecified atom stereocenters. The van der Waals surface area contributed by atoms with Crippen LogP contribution in [-0.4, -0.2) is 19.5 Å². The summed E-state index contributed by atoms with van der Waals surface area (Å²) in [6.45, 7) is 3.66. The highest BCUT2D eigenvalue weighted by Gasteiger charge is 2.32. The van der Waals surface area contributed by atoms with E-state index in [4.69, 9.17) is 9.47 Å². The summed E-state index contributed by atoms with van der Waals surface area (Å²) in [4.78, 5) is 0. The highest BCUT2D eigenvalue weighted by atomic mass is 19.2. The van der Waals surface area contributed by atoms with Gasteiger partial charge in [-0.2, -0.15) is 0 Å². The fourth-order valence-electron chi connectivity index (χ4n) is 3.38. The number of hydrogen-bond acceptors (Lipinski definition) is 2. The van der Waals surface area contributed by atoms with Crippen molar-refractivity contribution in [2.24, 2.45) is 11.8 Å². The zero-order valence-electron chi connectivity index (χ0n) is 12.4. The van der Waals surface area contributed by atoms with E-state index in [0.717, 1.165) is 44.5 Å². The van der Waals surface area contributed by atoms with E-state index in [1.54, 1.807) is 6.07 Å². The lowest BCUT2D eigenvalue weighted by Crippen LogP contribution is -2.37. The Bertz CT molecular complexity index is 476. The van der Waals surface area contributed by atoms with Crippen LogP contribution in [0.4, 0.5) is 8.78 Å². The molecule has 4 heteroatoms. The largest absolute Gasteiger partial charge is 0.352 e. The van der Waals surface area contributed by atoms with Gasteiger partial charge in [-0.3, -0.25) is 0 Å². The summed E-state index contributed by atoms with van der Waals surface area (Å²) in [5.74, 6) is -0.300. The van der Waals surface area contributed by atoms with E-state index < -0.39 is 11.6 Å². The van der Waals surface area contributed by atoms with Gasteiger partial charge in [0, 0.05) is 11.8 Å². The van der Waals surface area contributed by atoms with E-state index in [1.807, 2.05) is 0 Å². The second-order valence-electron chi connectivity index (χ2n) is 6.43. The molecule has 0 atom stereocenters. The summed E-state index contributed by atoms with van der Waals surface area (Å²) in [5.41, 5.74) is 0.909. The van der Waals surface area contributed by atoms with Gasteiger partial charge in [-0.25, -0.2) is 8.78 Å². The Morgan fingerprint density at radius 2 is 1.62 bits per heavy atom. The van der Waals surface area contributed by atoms with Crippen LogP contribution in [0.1, 0.15) is 44.1 Å². The molecule has 0 bridgehead atoms. The minimum absolute atomic E-state index is 0.0768. The molecule has 0 spiro atoms. The molecule has 1 aliphatic carbocycles. The average molecular weight is 296 g/mol. The van der Waals surface area contributed by atoms with Crippen molar-refractivity contribution in [1.82, 2.24) is 0 Å². The maximum Gasteiger partial charge on any atom is 0.160 e. The lowest BCUT2D eigenvalue weighted by Gasteiger charge is -2.37. The molecule has 1 saturated heterocycles.